The van der Waals surface area contributed by atoms with Crippen molar-refractivity contribution in [3.63, 3.8) is 0 Å². The van der Waals surface area contributed by atoms with Crippen LogP contribution in [-0.4, -0.2) is 13.1 Å². The van der Waals surface area contributed by atoms with Crippen LogP contribution < -0.4 is 5.32 Å². The molecular weight excluding hydrogens is 226 g/mol. The number of halogens is 1. The van der Waals surface area contributed by atoms with E-state index in [1.165, 1.54) is 36.0 Å². The van der Waals surface area contributed by atoms with E-state index in [9.17, 15) is 0 Å². The molecule has 1 aromatic rings. The van der Waals surface area contributed by atoms with Crippen LogP contribution in [0.4, 0.5) is 0 Å². The fourth-order valence-electron chi connectivity index (χ4n) is 1.84. The molecule has 1 aliphatic heterocycles. The molecule has 0 spiro atoms. The highest BCUT2D eigenvalue weighted by Crippen LogP contribution is 2.17. The Bertz CT molecular complexity index is 262. The maximum Gasteiger partial charge on any atom is 0.0175 e. The number of hydrogen-bond acceptors (Lipinski definition) is 1. The minimum absolute atomic E-state index is 0.848. The summed E-state index contributed by atoms with van der Waals surface area (Å²) in [5.74, 6) is 0.848. The van der Waals surface area contributed by atoms with E-state index in [0.29, 0.717) is 0 Å². The molecule has 13 heavy (non-hydrogen) atoms. The van der Waals surface area contributed by atoms with Crippen LogP contribution in [0, 0.1) is 5.92 Å². The van der Waals surface area contributed by atoms with Gasteiger partial charge in [-0.1, -0.05) is 28.1 Å². The molecule has 2 heteroatoms. The molecule has 1 fully saturated rings. The number of hydrogen-bond donors (Lipinski definition) is 1. The number of benzene rings is 1. The van der Waals surface area contributed by atoms with Crippen molar-refractivity contribution in [3.8, 4) is 0 Å². The Balaban J connectivity index is 1.97. The van der Waals surface area contributed by atoms with E-state index in [-0.39, 0.29) is 0 Å². The Morgan fingerprint density at radius 2 is 2.08 bits per heavy atom. The highest BCUT2D eigenvalue weighted by Gasteiger charge is 2.14. The van der Waals surface area contributed by atoms with Gasteiger partial charge in [-0.15, -0.1) is 0 Å². The molecule has 1 aromatic carbocycles. The Hall–Kier alpha value is -0.340. The van der Waals surface area contributed by atoms with Gasteiger partial charge >= 0.3 is 0 Å². The SMILES string of the molecule is Brc1ccc(C[C@@H]2CCNC2)cc1. The monoisotopic (exact) mass is 239 g/mol. The standard InChI is InChI=1S/C11H14BrN/c12-11-3-1-9(2-4-11)7-10-5-6-13-8-10/h1-4,10,13H,5-8H2/t10-/m0/s1. The van der Waals surface area contributed by atoms with Gasteiger partial charge in [0.1, 0.15) is 0 Å². The fourth-order valence-corrected chi connectivity index (χ4v) is 2.11. The van der Waals surface area contributed by atoms with E-state index in [1.54, 1.807) is 0 Å². The summed E-state index contributed by atoms with van der Waals surface area (Å²) in [6.07, 6.45) is 2.55. The predicted molar refractivity (Wildman–Crippen MR) is 58.8 cm³/mol. The fraction of sp³-hybridized carbons (Fsp3) is 0.455. The van der Waals surface area contributed by atoms with Crippen molar-refractivity contribution >= 4 is 15.9 Å². The lowest BCUT2D eigenvalue weighted by Gasteiger charge is -2.07. The Kier molecular flexibility index (Phi) is 3.01. The quantitative estimate of drug-likeness (QED) is 0.837. The van der Waals surface area contributed by atoms with Crippen LogP contribution in [0.25, 0.3) is 0 Å². The lowest BCUT2D eigenvalue weighted by Crippen LogP contribution is -2.10. The summed E-state index contributed by atoms with van der Waals surface area (Å²) in [6, 6.07) is 8.67. The normalized spacial score (nSPS) is 22.1. The summed E-state index contributed by atoms with van der Waals surface area (Å²) in [4.78, 5) is 0. The van der Waals surface area contributed by atoms with E-state index in [0.717, 1.165) is 5.92 Å². The summed E-state index contributed by atoms with van der Waals surface area (Å²) < 4.78 is 1.17. The Morgan fingerprint density at radius 3 is 2.69 bits per heavy atom. The molecule has 1 nitrogen and oxygen atoms in total. The maximum atomic E-state index is 3.45. The molecule has 70 valence electrons. The van der Waals surface area contributed by atoms with Crippen LogP contribution in [0.2, 0.25) is 0 Å². The van der Waals surface area contributed by atoms with Crippen molar-refractivity contribution in [1.82, 2.24) is 5.32 Å². The molecule has 0 bridgehead atoms. The number of rotatable bonds is 2. The zero-order valence-electron chi connectivity index (χ0n) is 7.59. The highest BCUT2D eigenvalue weighted by atomic mass is 79.9. The summed E-state index contributed by atoms with van der Waals surface area (Å²) >= 11 is 3.45. The largest absolute Gasteiger partial charge is 0.316 e. The zero-order chi connectivity index (χ0) is 9.10. The third kappa shape index (κ3) is 2.55. The van der Waals surface area contributed by atoms with E-state index >= 15 is 0 Å². The van der Waals surface area contributed by atoms with Gasteiger partial charge in [0, 0.05) is 4.47 Å². The topological polar surface area (TPSA) is 12.0 Å². The van der Waals surface area contributed by atoms with Crippen molar-refractivity contribution in [2.45, 2.75) is 12.8 Å². The molecule has 0 radical (unpaired) electrons. The molecule has 1 saturated heterocycles. The van der Waals surface area contributed by atoms with Gasteiger partial charge in [-0.05, 0) is 49.5 Å². The molecule has 0 amide bonds. The van der Waals surface area contributed by atoms with Crippen LogP contribution >= 0.6 is 15.9 Å². The smallest absolute Gasteiger partial charge is 0.0175 e. The van der Waals surface area contributed by atoms with Crippen LogP contribution in [-0.2, 0) is 6.42 Å². The van der Waals surface area contributed by atoms with Gasteiger partial charge in [0.05, 0.1) is 0 Å². The first-order valence-corrected chi connectivity index (χ1v) is 5.59. The van der Waals surface area contributed by atoms with Gasteiger partial charge in [-0.2, -0.15) is 0 Å². The van der Waals surface area contributed by atoms with Crippen LogP contribution in [0.1, 0.15) is 12.0 Å². The van der Waals surface area contributed by atoms with Crippen molar-refractivity contribution in [2.24, 2.45) is 5.92 Å². The van der Waals surface area contributed by atoms with Gasteiger partial charge in [0.15, 0.2) is 0 Å². The Labute approximate surface area is 87.7 Å². The predicted octanol–water partition coefficient (Wildman–Crippen LogP) is 2.60. The van der Waals surface area contributed by atoms with Crippen molar-refractivity contribution in [3.05, 3.63) is 34.3 Å². The average Bonchev–Trinajstić information content (AvgIpc) is 2.62. The minimum atomic E-state index is 0.848. The molecule has 2 rings (SSSR count). The van der Waals surface area contributed by atoms with Crippen molar-refractivity contribution in [2.75, 3.05) is 13.1 Å². The van der Waals surface area contributed by atoms with Crippen molar-refractivity contribution < 1.29 is 0 Å². The first-order chi connectivity index (χ1) is 6.34. The van der Waals surface area contributed by atoms with E-state index < -0.39 is 0 Å². The summed E-state index contributed by atoms with van der Waals surface area (Å²) in [5.41, 5.74) is 1.46. The molecule has 0 unspecified atom stereocenters. The maximum absolute atomic E-state index is 3.45. The van der Waals surface area contributed by atoms with Gasteiger partial charge in [-0.3, -0.25) is 0 Å². The van der Waals surface area contributed by atoms with Crippen LogP contribution in [0.3, 0.4) is 0 Å². The van der Waals surface area contributed by atoms with Crippen LogP contribution in [0.15, 0.2) is 28.7 Å². The molecule has 0 aromatic heterocycles. The molecule has 1 heterocycles. The molecule has 1 atom stereocenters. The molecule has 0 aliphatic carbocycles. The molecule has 1 N–H and O–H groups in total. The third-order valence-corrected chi connectivity index (χ3v) is 3.13. The van der Waals surface area contributed by atoms with Crippen LogP contribution in [0.5, 0.6) is 0 Å². The molecular formula is C11H14BrN. The van der Waals surface area contributed by atoms with E-state index in [2.05, 4.69) is 45.5 Å². The molecule has 0 saturated carbocycles. The zero-order valence-corrected chi connectivity index (χ0v) is 9.18. The second kappa shape index (κ2) is 4.25. The average molecular weight is 240 g/mol. The summed E-state index contributed by atoms with van der Waals surface area (Å²) in [7, 11) is 0. The first kappa shape index (κ1) is 9.22. The Morgan fingerprint density at radius 1 is 1.31 bits per heavy atom. The van der Waals surface area contributed by atoms with Crippen molar-refractivity contribution in [1.29, 1.82) is 0 Å². The lowest BCUT2D eigenvalue weighted by molar-refractivity contribution is 0.580. The van der Waals surface area contributed by atoms with Gasteiger partial charge in [0.2, 0.25) is 0 Å². The minimum Gasteiger partial charge on any atom is -0.316 e. The van der Waals surface area contributed by atoms with Gasteiger partial charge in [0.25, 0.3) is 0 Å². The number of nitrogens with one attached hydrogen (secondary N) is 1. The highest BCUT2D eigenvalue weighted by molar-refractivity contribution is 9.10. The second-order valence-corrected chi connectivity index (χ2v) is 4.61. The summed E-state index contributed by atoms with van der Waals surface area (Å²) in [5, 5.41) is 3.39. The second-order valence-electron chi connectivity index (χ2n) is 3.69. The van der Waals surface area contributed by atoms with E-state index in [1.807, 2.05) is 0 Å². The van der Waals surface area contributed by atoms with Gasteiger partial charge in [-0.25, -0.2) is 0 Å². The molecule has 1 aliphatic rings. The lowest BCUT2D eigenvalue weighted by atomic mass is 9.99. The van der Waals surface area contributed by atoms with E-state index in [4.69, 9.17) is 0 Å². The van der Waals surface area contributed by atoms with Gasteiger partial charge < -0.3 is 5.32 Å². The summed E-state index contributed by atoms with van der Waals surface area (Å²) in [6.45, 7) is 2.39. The first-order valence-electron chi connectivity index (χ1n) is 4.80. The third-order valence-electron chi connectivity index (χ3n) is 2.60.